The van der Waals surface area contributed by atoms with E-state index in [-0.39, 0.29) is 24.0 Å². The highest BCUT2D eigenvalue weighted by Gasteiger charge is 2.36. The van der Waals surface area contributed by atoms with Crippen LogP contribution < -0.4 is 10.6 Å². The molecule has 1 unspecified atom stereocenters. The number of hydrogen-bond donors (Lipinski definition) is 2. The minimum atomic E-state index is 0. The SMILES string of the molecule is CCNC(=NCC1(CCOC)CCC1)NCC(C)N(CC)CC.I. The average Bonchev–Trinajstić information content (AvgIpc) is 2.52. The standard InChI is InChI=1S/C18H38N4O.HI/c1-6-19-17(20-14-16(4)22(7-2)8-3)21-15-18(10-9-11-18)12-13-23-5;/h16H,6-15H2,1-5H3,(H2,19,20,21);1H. The summed E-state index contributed by atoms with van der Waals surface area (Å²) >= 11 is 0. The van der Waals surface area contributed by atoms with E-state index in [0.29, 0.717) is 11.5 Å². The Bertz CT molecular complexity index is 344. The van der Waals surface area contributed by atoms with Crippen molar-refractivity contribution >= 4 is 29.9 Å². The molecule has 0 spiro atoms. The highest BCUT2D eigenvalue weighted by atomic mass is 127. The van der Waals surface area contributed by atoms with Crippen LogP contribution in [0.2, 0.25) is 0 Å². The number of likely N-dealkylation sites (N-methyl/N-ethyl adjacent to an activating group) is 1. The van der Waals surface area contributed by atoms with E-state index in [4.69, 9.17) is 9.73 Å². The maximum atomic E-state index is 5.27. The molecule has 1 aliphatic carbocycles. The zero-order valence-electron chi connectivity index (χ0n) is 16.4. The smallest absolute Gasteiger partial charge is 0.191 e. The average molecular weight is 454 g/mol. The quantitative estimate of drug-likeness (QED) is 0.286. The molecular weight excluding hydrogens is 415 g/mol. The van der Waals surface area contributed by atoms with Crippen LogP contribution in [0.3, 0.4) is 0 Å². The van der Waals surface area contributed by atoms with Crippen LogP contribution in [0, 0.1) is 5.41 Å². The molecule has 6 heteroatoms. The molecule has 0 radical (unpaired) electrons. The lowest BCUT2D eigenvalue weighted by Gasteiger charge is -2.40. The Morgan fingerprint density at radius 1 is 1.21 bits per heavy atom. The van der Waals surface area contributed by atoms with Gasteiger partial charge in [-0.2, -0.15) is 0 Å². The lowest BCUT2D eigenvalue weighted by molar-refractivity contribution is 0.0778. The maximum Gasteiger partial charge on any atom is 0.191 e. The van der Waals surface area contributed by atoms with Gasteiger partial charge in [-0.15, -0.1) is 24.0 Å². The van der Waals surface area contributed by atoms with Gasteiger partial charge in [-0.3, -0.25) is 9.89 Å². The number of halogens is 1. The first kappa shape index (κ1) is 23.9. The molecule has 0 saturated heterocycles. The molecule has 1 aliphatic rings. The van der Waals surface area contributed by atoms with Gasteiger partial charge in [0, 0.05) is 39.4 Å². The molecule has 0 aromatic heterocycles. The van der Waals surface area contributed by atoms with Crippen LogP contribution in [0.5, 0.6) is 0 Å². The molecule has 1 atom stereocenters. The summed E-state index contributed by atoms with van der Waals surface area (Å²) in [5.74, 6) is 0.954. The highest BCUT2D eigenvalue weighted by molar-refractivity contribution is 14.0. The Morgan fingerprint density at radius 2 is 1.88 bits per heavy atom. The normalized spacial score (nSPS) is 17.8. The molecule has 1 rings (SSSR count). The van der Waals surface area contributed by atoms with Crippen molar-refractivity contribution in [3.8, 4) is 0 Å². The second kappa shape index (κ2) is 13.2. The number of guanidine groups is 1. The van der Waals surface area contributed by atoms with Gasteiger partial charge in [-0.05, 0) is 51.6 Å². The van der Waals surface area contributed by atoms with Crippen LogP contribution in [-0.4, -0.2) is 63.3 Å². The largest absolute Gasteiger partial charge is 0.385 e. The fraction of sp³-hybridized carbons (Fsp3) is 0.944. The third kappa shape index (κ3) is 7.87. The summed E-state index contributed by atoms with van der Waals surface area (Å²) < 4.78 is 5.27. The number of ether oxygens (including phenoxy) is 1. The summed E-state index contributed by atoms with van der Waals surface area (Å²) in [5, 5.41) is 6.89. The van der Waals surface area contributed by atoms with Crippen molar-refractivity contribution in [3.63, 3.8) is 0 Å². The summed E-state index contributed by atoms with van der Waals surface area (Å²) in [4.78, 5) is 7.32. The number of rotatable bonds is 11. The van der Waals surface area contributed by atoms with Crippen LogP contribution in [0.1, 0.15) is 53.4 Å². The summed E-state index contributed by atoms with van der Waals surface area (Å²) in [6, 6.07) is 0.514. The molecule has 0 aliphatic heterocycles. The highest BCUT2D eigenvalue weighted by Crippen LogP contribution is 2.44. The van der Waals surface area contributed by atoms with Crippen molar-refractivity contribution in [2.75, 3.05) is 46.4 Å². The molecule has 144 valence electrons. The Morgan fingerprint density at radius 3 is 2.33 bits per heavy atom. The Labute approximate surface area is 166 Å². The van der Waals surface area contributed by atoms with E-state index in [1.807, 2.05) is 0 Å². The van der Waals surface area contributed by atoms with Gasteiger partial charge in [0.15, 0.2) is 5.96 Å². The summed E-state index contributed by atoms with van der Waals surface area (Å²) in [5.41, 5.74) is 0.378. The predicted octanol–water partition coefficient (Wildman–Crippen LogP) is 3.10. The monoisotopic (exact) mass is 454 g/mol. The summed E-state index contributed by atoms with van der Waals surface area (Å²) in [6.07, 6.45) is 5.04. The number of hydrogen-bond acceptors (Lipinski definition) is 3. The second-order valence-corrected chi connectivity index (χ2v) is 6.74. The van der Waals surface area contributed by atoms with Crippen molar-refractivity contribution in [2.24, 2.45) is 10.4 Å². The van der Waals surface area contributed by atoms with Gasteiger partial charge in [-0.1, -0.05) is 20.3 Å². The van der Waals surface area contributed by atoms with Crippen LogP contribution >= 0.6 is 24.0 Å². The van der Waals surface area contributed by atoms with Crippen molar-refractivity contribution in [1.29, 1.82) is 0 Å². The minimum absolute atomic E-state index is 0. The van der Waals surface area contributed by atoms with E-state index >= 15 is 0 Å². The van der Waals surface area contributed by atoms with Crippen LogP contribution in [0.4, 0.5) is 0 Å². The van der Waals surface area contributed by atoms with Gasteiger partial charge in [0.2, 0.25) is 0 Å². The Hall–Kier alpha value is -0.0800. The molecule has 0 aromatic rings. The number of nitrogens with one attached hydrogen (secondary N) is 2. The lowest BCUT2D eigenvalue weighted by Crippen LogP contribution is -2.46. The van der Waals surface area contributed by atoms with Crippen LogP contribution in [-0.2, 0) is 4.74 Å². The third-order valence-corrected chi connectivity index (χ3v) is 5.17. The van der Waals surface area contributed by atoms with Gasteiger partial charge in [0.1, 0.15) is 0 Å². The first-order valence-corrected chi connectivity index (χ1v) is 9.36. The van der Waals surface area contributed by atoms with Crippen molar-refractivity contribution in [2.45, 2.75) is 59.4 Å². The van der Waals surface area contributed by atoms with E-state index in [9.17, 15) is 0 Å². The molecule has 1 fully saturated rings. The van der Waals surface area contributed by atoms with E-state index in [1.165, 1.54) is 19.3 Å². The fourth-order valence-corrected chi connectivity index (χ4v) is 3.29. The molecule has 0 aromatic carbocycles. The van der Waals surface area contributed by atoms with E-state index in [0.717, 1.165) is 51.7 Å². The molecular formula is C18H39IN4O. The third-order valence-electron chi connectivity index (χ3n) is 5.17. The minimum Gasteiger partial charge on any atom is -0.385 e. The lowest BCUT2D eigenvalue weighted by atomic mass is 9.67. The molecule has 0 bridgehead atoms. The fourth-order valence-electron chi connectivity index (χ4n) is 3.29. The Balaban J connectivity index is 0.00000529. The van der Waals surface area contributed by atoms with Crippen molar-refractivity contribution in [1.82, 2.24) is 15.5 Å². The molecule has 1 saturated carbocycles. The molecule has 2 N–H and O–H groups in total. The van der Waals surface area contributed by atoms with Crippen LogP contribution in [0.15, 0.2) is 4.99 Å². The maximum absolute atomic E-state index is 5.27. The summed E-state index contributed by atoms with van der Waals surface area (Å²) in [7, 11) is 1.79. The van der Waals surface area contributed by atoms with E-state index in [1.54, 1.807) is 7.11 Å². The molecule has 5 nitrogen and oxygen atoms in total. The molecule has 24 heavy (non-hydrogen) atoms. The van der Waals surface area contributed by atoms with Crippen molar-refractivity contribution in [3.05, 3.63) is 0 Å². The Kier molecular flexibility index (Phi) is 13.1. The summed E-state index contributed by atoms with van der Waals surface area (Å²) in [6.45, 7) is 14.6. The van der Waals surface area contributed by atoms with Crippen LogP contribution in [0.25, 0.3) is 0 Å². The van der Waals surface area contributed by atoms with Crippen molar-refractivity contribution < 1.29 is 4.74 Å². The first-order valence-electron chi connectivity index (χ1n) is 9.36. The zero-order valence-corrected chi connectivity index (χ0v) is 18.7. The van der Waals surface area contributed by atoms with Gasteiger partial charge < -0.3 is 15.4 Å². The van der Waals surface area contributed by atoms with Gasteiger partial charge in [-0.25, -0.2) is 0 Å². The van der Waals surface area contributed by atoms with Gasteiger partial charge in [0.25, 0.3) is 0 Å². The number of nitrogens with zero attached hydrogens (tertiary/aromatic N) is 2. The number of aliphatic imine (C=N–C) groups is 1. The van der Waals surface area contributed by atoms with Gasteiger partial charge >= 0.3 is 0 Å². The molecule has 0 heterocycles. The van der Waals surface area contributed by atoms with Gasteiger partial charge in [0.05, 0.1) is 0 Å². The second-order valence-electron chi connectivity index (χ2n) is 6.74. The number of methoxy groups -OCH3 is 1. The zero-order chi connectivity index (χ0) is 17.1. The van der Waals surface area contributed by atoms with E-state index < -0.39 is 0 Å². The van der Waals surface area contributed by atoms with E-state index in [2.05, 4.69) is 43.2 Å². The predicted molar refractivity (Wildman–Crippen MR) is 115 cm³/mol. The first-order chi connectivity index (χ1) is 11.1. The molecule has 0 amide bonds. The topological polar surface area (TPSA) is 48.9 Å².